The van der Waals surface area contributed by atoms with Gasteiger partial charge in [0.15, 0.2) is 0 Å². The number of fused-ring (bicyclic) bond motifs is 2. The number of hydrogen-bond donors (Lipinski definition) is 0. The zero-order valence-electron chi connectivity index (χ0n) is 26.4. The highest BCUT2D eigenvalue weighted by Gasteiger charge is 2.57. The van der Waals surface area contributed by atoms with Crippen molar-refractivity contribution in [1.29, 1.82) is 0 Å². The van der Waals surface area contributed by atoms with Gasteiger partial charge >= 0.3 is 7.12 Å². The van der Waals surface area contributed by atoms with Gasteiger partial charge in [0.05, 0.1) is 16.6 Å². The maximum Gasteiger partial charge on any atom is 0.494 e. The monoisotopic (exact) mass is 577 g/mol. The Balaban J connectivity index is 1.16. The van der Waals surface area contributed by atoms with Crippen LogP contribution in [0.1, 0.15) is 85.6 Å². The fourth-order valence-electron chi connectivity index (χ4n) is 8.20. The highest BCUT2D eigenvalue weighted by Crippen LogP contribution is 2.51. The molecule has 2 amide bonds. The van der Waals surface area contributed by atoms with Crippen molar-refractivity contribution in [2.24, 2.45) is 11.8 Å². The third-order valence-corrected chi connectivity index (χ3v) is 12.1. The van der Waals surface area contributed by atoms with Crippen molar-refractivity contribution >= 4 is 30.1 Å². The van der Waals surface area contributed by atoms with Crippen molar-refractivity contribution < 1.29 is 23.6 Å². The first-order valence-electron chi connectivity index (χ1n) is 16.4. The van der Waals surface area contributed by atoms with Crippen molar-refractivity contribution in [2.45, 2.75) is 115 Å². The maximum absolute atomic E-state index is 14.6. The molecule has 0 radical (unpaired) electrons. The first-order valence-corrected chi connectivity index (χ1v) is 16.4. The van der Waals surface area contributed by atoms with E-state index in [0.717, 1.165) is 67.3 Å². The van der Waals surface area contributed by atoms with Crippen LogP contribution in [0.4, 0.5) is 5.69 Å². The van der Waals surface area contributed by atoms with Gasteiger partial charge in [0.25, 0.3) is 5.91 Å². The molecule has 5 heterocycles. The van der Waals surface area contributed by atoms with Crippen molar-refractivity contribution in [3.8, 4) is 0 Å². The number of nitrogens with zero attached hydrogens (tertiary/aromatic N) is 3. The molecule has 0 aromatic heterocycles. The van der Waals surface area contributed by atoms with E-state index in [2.05, 4.69) is 69.5 Å². The average molecular weight is 578 g/mol. The maximum atomic E-state index is 14.6. The molecule has 0 N–H and O–H groups in total. The quantitative estimate of drug-likeness (QED) is 0.511. The molecule has 0 bridgehead atoms. The van der Waals surface area contributed by atoms with E-state index in [-0.39, 0.29) is 24.0 Å². The Morgan fingerprint density at radius 1 is 0.952 bits per heavy atom. The van der Waals surface area contributed by atoms with E-state index in [1.165, 1.54) is 0 Å². The summed E-state index contributed by atoms with van der Waals surface area (Å²) in [6.07, 6.45) is 4.78. The number of carbonyl (C=O) groups is 2. The first-order chi connectivity index (χ1) is 19.9. The number of rotatable bonds is 4. The van der Waals surface area contributed by atoms with Crippen molar-refractivity contribution in [3.63, 3.8) is 0 Å². The molecule has 1 aromatic carbocycles. The van der Waals surface area contributed by atoms with Crippen LogP contribution < -0.4 is 10.4 Å². The average Bonchev–Trinajstić information content (AvgIpc) is 3.67. The van der Waals surface area contributed by atoms with Crippen LogP contribution in [0.5, 0.6) is 0 Å². The Labute approximate surface area is 251 Å². The highest BCUT2D eigenvalue weighted by atomic mass is 16.7. The molecule has 1 aliphatic carbocycles. The fraction of sp³-hybridized carbons (Fsp3) is 0.758. The predicted molar refractivity (Wildman–Crippen MR) is 163 cm³/mol. The molecule has 9 heteroatoms. The van der Waals surface area contributed by atoms with Crippen LogP contribution in [0.25, 0.3) is 0 Å². The molecule has 0 unspecified atom stereocenters. The molecule has 1 saturated carbocycles. The fourth-order valence-corrected chi connectivity index (χ4v) is 8.20. The molecule has 7 rings (SSSR count). The van der Waals surface area contributed by atoms with E-state index in [1.807, 2.05) is 4.90 Å². The second-order valence-electron chi connectivity index (χ2n) is 15.1. The van der Waals surface area contributed by atoms with Crippen LogP contribution >= 0.6 is 0 Å². The molecule has 4 saturated heterocycles. The van der Waals surface area contributed by atoms with Crippen molar-refractivity contribution in [1.82, 2.24) is 9.80 Å². The summed E-state index contributed by atoms with van der Waals surface area (Å²) >= 11 is 0. The van der Waals surface area contributed by atoms with Gasteiger partial charge in [0.2, 0.25) is 5.91 Å². The number of piperidine rings is 1. The lowest BCUT2D eigenvalue weighted by Gasteiger charge is -2.46. The Hall–Kier alpha value is -1.94. The smallest absolute Gasteiger partial charge is 0.399 e. The summed E-state index contributed by atoms with van der Waals surface area (Å²) in [5.74, 6) is 1.77. The summed E-state index contributed by atoms with van der Waals surface area (Å²) < 4.78 is 18.5. The number of anilines is 1. The van der Waals surface area contributed by atoms with Gasteiger partial charge < -0.3 is 23.8 Å². The number of ether oxygens (including phenoxy) is 1. The normalized spacial score (nSPS) is 35.2. The number of likely N-dealkylation sites (tertiary alicyclic amines) is 2. The van der Waals surface area contributed by atoms with Crippen molar-refractivity contribution in [2.75, 3.05) is 37.7 Å². The Morgan fingerprint density at radius 2 is 1.60 bits per heavy atom. The third kappa shape index (κ3) is 4.40. The minimum atomic E-state index is -0.584. The molecule has 1 spiro atoms. The SMILES string of the molecule is C[C@@H]1CN([C@H]2C[C@@H](N3C(=O)C4(CCN(C(=O)[C@@H]5CCCO5)CC4)c4ccc(B5OC(C)(C)C(C)(C)O5)cc43)C2)C[C@@H]1C. The van der Waals surface area contributed by atoms with Gasteiger partial charge in [0, 0.05) is 50.6 Å². The van der Waals surface area contributed by atoms with Gasteiger partial charge in [-0.2, -0.15) is 0 Å². The summed E-state index contributed by atoms with van der Waals surface area (Å²) in [5, 5.41) is 0. The first kappa shape index (κ1) is 28.8. The lowest BCUT2D eigenvalue weighted by Crippen LogP contribution is -2.58. The minimum absolute atomic E-state index is 0.0943. The Bertz CT molecular complexity index is 1220. The zero-order valence-corrected chi connectivity index (χ0v) is 26.4. The van der Waals surface area contributed by atoms with E-state index in [0.29, 0.717) is 38.6 Å². The molecule has 1 aromatic rings. The van der Waals surface area contributed by atoms with Crippen LogP contribution in [0.2, 0.25) is 0 Å². The molecule has 3 atom stereocenters. The van der Waals surface area contributed by atoms with E-state index in [9.17, 15) is 9.59 Å². The summed E-state index contributed by atoms with van der Waals surface area (Å²) in [4.78, 5) is 34.5. The van der Waals surface area contributed by atoms with Crippen molar-refractivity contribution in [3.05, 3.63) is 23.8 Å². The summed E-state index contributed by atoms with van der Waals surface area (Å²) in [7, 11) is -0.471. The highest BCUT2D eigenvalue weighted by molar-refractivity contribution is 6.62. The zero-order chi connectivity index (χ0) is 29.6. The molecule has 6 aliphatic rings. The second kappa shape index (κ2) is 10.0. The molecular formula is C33H48BN3O5. The van der Waals surface area contributed by atoms with E-state index >= 15 is 0 Å². The number of benzene rings is 1. The van der Waals surface area contributed by atoms with Gasteiger partial charge in [-0.3, -0.25) is 14.5 Å². The number of amides is 2. The topological polar surface area (TPSA) is 71.6 Å². The third-order valence-electron chi connectivity index (χ3n) is 12.1. The summed E-state index contributed by atoms with van der Waals surface area (Å²) in [5.41, 5.74) is 1.66. The van der Waals surface area contributed by atoms with Gasteiger partial charge in [-0.25, -0.2) is 0 Å². The largest absolute Gasteiger partial charge is 0.494 e. The molecular weight excluding hydrogens is 529 g/mol. The molecule has 5 fully saturated rings. The number of hydrogen-bond acceptors (Lipinski definition) is 6. The van der Waals surface area contributed by atoms with Crippen LogP contribution in [0.3, 0.4) is 0 Å². The minimum Gasteiger partial charge on any atom is -0.399 e. The molecule has 42 heavy (non-hydrogen) atoms. The van der Waals surface area contributed by atoms with Gasteiger partial charge in [-0.15, -0.1) is 0 Å². The van der Waals surface area contributed by atoms with Crippen LogP contribution in [-0.2, 0) is 29.0 Å². The summed E-state index contributed by atoms with van der Waals surface area (Å²) in [6.45, 7) is 17.2. The number of carbonyl (C=O) groups excluding carboxylic acids is 2. The second-order valence-corrected chi connectivity index (χ2v) is 15.1. The van der Waals surface area contributed by atoms with Gasteiger partial charge in [0.1, 0.15) is 6.10 Å². The lowest BCUT2D eigenvalue weighted by atomic mass is 9.71. The molecule has 228 valence electrons. The standard InChI is InChI=1S/C33H48BN3O5/c1-21-19-36(20-22(21)2)24-17-25(18-24)37-27-16-23(34-41-31(3,4)32(5,6)42-34)9-10-26(27)33(30(37)39)11-13-35(14-12-33)29(38)28-8-7-15-40-28/h9-10,16,21-22,24-25,28H,7-8,11-15,17-20H2,1-6H3/t21-,22+,24-,25+,28-/m0/s1. The van der Waals surface area contributed by atoms with Crippen LogP contribution in [-0.4, -0.2) is 90.9 Å². The van der Waals surface area contributed by atoms with E-state index in [1.54, 1.807) is 0 Å². The molecule has 5 aliphatic heterocycles. The van der Waals surface area contributed by atoms with Gasteiger partial charge in [-0.1, -0.05) is 26.0 Å². The Morgan fingerprint density at radius 3 is 2.19 bits per heavy atom. The lowest BCUT2D eigenvalue weighted by molar-refractivity contribution is -0.144. The summed E-state index contributed by atoms with van der Waals surface area (Å²) in [6, 6.07) is 7.17. The Kier molecular flexibility index (Phi) is 6.89. The van der Waals surface area contributed by atoms with Crippen LogP contribution in [0, 0.1) is 11.8 Å². The molecule has 8 nitrogen and oxygen atoms in total. The van der Waals surface area contributed by atoms with Gasteiger partial charge in [-0.05, 0) is 95.1 Å². The van der Waals surface area contributed by atoms with E-state index in [4.69, 9.17) is 14.0 Å². The van der Waals surface area contributed by atoms with Crippen LogP contribution in [0.15, 0.2) is 18.2 Å². The van der Waals surface area contributed by atoms with E-state index < -0.39 is 23.7 Å². The predicted octanol–water partition coefficient (Wildman–Crippen LogP) is 3.49.